The first kappa shape index (κ1) is 26.3. The summed E-state index contributed by atoms with van der Waals surface area (Å²) in [5, 5.41) is 7.04. The van der Waals surface area contributed by atoms with Crippen LogP contribution in [-0.4, -0.2) is 49.8 Å². The van der Waals surface area contributed by atoms with Crippen molar-refractivity contribution < 1.29 is 18.8 Å². The minimum absolute atomic E-state index is 0.0557. The van der Waals surface area contributed by atoms with Crippen LogP contribution in [0.5, 0.6) is 11.5 Å². The summed E-state index contributed by atoms with van der Waals surface area (Å²) in [6.07, 6.45) is 0. The molecule has 35 heavy (non-hydrogen) atoms. The maximum Gasteiger partial charge on any atom is 0.273 e. The molecule has 1 aromatic heterocycles. The van der Waals surface area contributed by atoms with E-state index in [4.69, 9.17) is 14.0 Å². The molecule has 0 spiro atoms. The molecule has 2 aromatic carbocycles. The summed E-state index contributed by atoms with van der Waals surface area (Å²) in [4.78, 5) is 15.3. The minimum atomic E-state index is -0.274. The Morgan fingerprint density at radius 2 is 1.66 bits per heavy atom. The molecule has 1 amide bonds. The molecular formula is C28H37N3O4. The summed E-state index contributed by atoms with van der Waals surface area (Å²) < 4.78 is 16.1. The fourth-order valence-electron chi connectivity index (χ4n) is 4.12. The molecule has 3 aromatic rings. The first-order valence-electron chi connectivity index (χ1n) is 12.0. The van der Waals surface area contributed by atoms with Crippen LogP contribution in [0.15, 0.2) is 53.1 Å². The van der Waals surface area contributed by atoms with Gasteiger partial charge in [-0.05, 0) is 47.8 Å². The Morgan fingerprint density at radius 1 is 1.00 bits per heavy atom. The molecule has 0 bridgehead atoms. The largest absolute Gasteiger partial charge is 0.493 e. The number of nitrogens with one attached hydrogen (secondary N) is 1. The van der Waals surface area contributed by atoms with Gasteiger partial charge in [-0.15, -0.1) is 0 Å². The number of aromatic nitrogens is 1. The Hall–Kier alpha value is -3.32. The van der Waals surface area contributed by atoms with Crippen LogP contribution in [0.25, 0.3) is 11.3 Å². The Morgan fingerprint density at radius 3 is 2.23 bits per heavy atom. The highest BCUT2D eigenvalue weighted by Gasteiger charge is 2.22. The molecule has 1 atom stereocenters. The van der Waals surface area contributed by atoms with Gasteiger partial charge in [-0.3, -0.25) is 9.69 Å². The number of rotatable bonds is 10. The van der Waals surface area contributed by atoms with E-state index in [1.54, 1.807) is 32.4 Å². The summed E-state index contributed by atoms with van der Waals surface area (Å²) >= 11 is 0. The Kier molecular flexibility index (Phi) is 8.57. The quantitative estimate of drug-likeness (QED) is 0.416. The summed E-state index contributed by atoms with van der Waals surface area (Å²) in [5.41, 5.74) is 3.53. The van der Waals surface area contributed by atoms with Crippen LogP contribution in [0.1, 0.15) is 62.3 Å². The molecule has 0 aliphatic carbocycles. The van der Waals surface area contributed by atoms with Gasteiger partial charge in [0.1, 0.15) is 0 Å². The van der Waals surface area contributed by atoms with Gasteiger partial charge in [0.15, 0.2) is 23.0 Å². The first-order chi connectivity index (χ1) is 16.7. The zero-order chi connectivity index (χ0) is 25.6. The first-order valence-corrected chi connectivity index (χ1v) is 12.0. The Labute approximate surface area is 208 Å². The number of amides is 1. The van der Waals surface area contributed by atoms with Crippen LogP contribution in [0, 0.1) is 0 Å². The molecule has 0 saturated carbocycles. The zero-order valence-electron chi connectivity index (χ0n) is 21.8. The van der Waals surface area contributed by atoms with Crippen LogP contribution in [0.4, 0.5) is 0 Å². The molecule has 0 radical (unpaired) electrons. The molecule has 1 heterocycles. The minimum Gasteiger partial charge on any atom is -0.493 e. The van der Waals surface area contributed by atoms with Crippen molar-refractivity contribution in [2.24, 2.45) is 0 Å². The van der Waals surface area contributed by atoms with Gasteiger partial charge in [-0.25, -0.2) is 0 Å². The van der Waals surface area contributed by atoms with Gasteiger partial charge < -0.3 is 19.3 Å². The topological polar surface area (TPSA) is 76.8 Å². The predicted octanol–water partition coefficient (Wildman–Crippen LogP) is 5.47. The summed E-state index contributed by atoms with van der Waals surface area (Å²) in [6, 6.07) is 15.8. The second-order valence-electron chi connectivity index (χ2n) is 9.47. The van der Waals surface area contributed by atoms with E-state index in [0.717, 1.165) is 18.7 Å². The number of hydrogen-bond acceptors (Lipinski definition) is 6. The van der Waals surface area contributed by atoms with Crippen LogP contribution >= 0.6 is 0 Å². The van der Waals surface area contributed by atoms with E-state index < -0.39 is 0 Å². The molecule has 188 valence electrons. The molecule has 0 saturated heterocycles. The van der Waals surface area contributed by atoms with Crippen molar-refractivity contribution >= 4 is 5.91 Å². The van der Waals surface area contributed by atoms with Gasteiger partial charge in [0.2, 0.25) is 0 Å². The zero-order valence-corrected chi connectivity index (χ0v) is 21.8. The standard InChI is InChI=1S/C28H37N3O4/c1-8-31(9-2)23(19-10-13-21(14-11-19)28(3,4)5)18-29-27(32)22-17-25(35-30-22)20-12-15-24(33-6)26(16-20)34-7/h10-17,23H,8-9,18H2,1-7H3,(H,29,32). The molecule has 1 unspecified atom stereocenters. The molecule has 7 heteroatoms. The fraction of sp³-hybridized carbons (Fsp3) is 0.429. The van der Waals surface area contributed by atoms with Gasteiger partial charge in [0, 0.05) is 18.2 Å². The molecule has 7 nitrogen and oxygen atoms in total. The lowest BCUT2D eigenvalue weighted by Crippen LogP contribution is -2.38. The van der Waals surface area contributed by atoms with Crippen LogP contribution < -0.4 is 14.8 Å². The van der Waals surface area contributed by atoms with E-state index >= 15 is 0 Å². The third-order valence-corrected chi connectivity index (χ3v) is 6.28. The Bertz CT molecular complexity index is 1110. The van der Waals surface area contributed by atoms with Crippen molar-refractivity contribution in [2.45, 2.75) is 46.1 Å². The second-order valence-corrected chi connectivity index (χ2v) is 9.47. The summed E-state index contributed by atoms with van der Waals surface area (Å²) in [5.74, 6) is 1.40. The van der Waals surface area contributed by atoms with E-state index in [1.807, 2.05) is 6.07 Å². The number of methoxy groups -OCH3 is 2. The van der Waals surface area contributed by atoms with Gasteiger partial charge in [0.05, 0.1) is 20.3 Å². The maximum absolute atomic E-state index is 12.9. The third-order valence-electron chi connectivity index (χ3n) is 6.28. The monoisotopic (exact) mass is 479 g/mol. The summed E-state index contributed by atoms with van der Waals surface area (Å²) in [6.45, 7) is 13.1. The van der Waals surface area contributed by atoms with E-state index in [2.05, 4.69) is 74.3 Å². The number of carbonyl (C=O) groups excluding carboxylic acids is 1. The molecule has 1 N–H and O–H groups in total. The van der Waals surface area contributed by atoms with Crippen LogP contribution in [-0.2, 0) is 5.41 Å². The van der Waals surface area contributed by atoms with E-state index in [9.17, 15) is 4.79 Å². The van der Waals surface area contributed by atoms with Gasteiger partial charge in [-0.1, -0.05) is 64.0 Å². The SMILES string of the molecule is CCN(CC)C(CNC(=O)c1cc(-c2ccc(OC)c(OC)c2)on1)c1ccc(C(C)(C)C)cc1. The fourth-order valence-corrected chi connectivity index (χ4v) is 4.12. The van der Waals surface area contributed by atoms with Gasteiger partial charge in [0.25, 0.3) is 5.91 Å². The molecule has 3 rings (SSSR count). The van der Waals surface area contributed by atoms with Crippen LogP contribution in [0.2, 0.25) is 0 Å². The lowest BCUT2D eigenvalue weighted by molar-refractivity contribution is 0.0926. The van der Waals surface area contributed by atoms with Crippen molar-refractivity contribution in [3.63, 3.8) is 0 Å². The maximum atomic E-state index is 12.9. The highest BCUT2D eigenvalue weighted by atomic mass is 16.5. The van der Waals surface area contributed by atoms with Gasteiger partial charge in [-0.2, -0.15) is 0 Å². The van der Waals surface area contributed by atoms with Crippen LogP contribution in [0.3, 0.4) is 0 Å². The average molecular weight is 480 g/mol. The molecular weight excluding hydrogens is 442 g/mol. The highest BCUT2D eigenvalue weighted by Crippen LogP contribution is 2.32. The highest BCUT2D eigenvalue weighted by molar-refractivity contribution is 5.93. The number of likely N-dealkylation sites (N-methyl/N-ethyl adjacent to an activating group) is 1. The normalized spacial score (nSPS) is 12.5. The van der Waals surface area contributed by atoms with Crippen molar-refractivity contribution in [3.05, 3.63) is 65.4 Å². The van der Waals surface area contributed by atoms with E-state index in [0.29, 0.717) is 23.8 Å². The van der Waals surface area contributed by atoms with Gasteiger partial charge >= 0.3 is 0 Å². The lowest BCUT2D eigenvalue weighted by Gasteiger charge is -2.31. The number of ether oxygens (including phenoxy) is 2. The average Bonchev–Trinajstić information content (AvgIpc) is 3.36. The van der Waals surface area contributed by atoms with Crippen molar-refractivity contribution in [3.8, 4) is 22.8 Å². The van der Waals surface area contributed by atoms with Crippen molar-refractivity contribution in [1.82, 2.24) is 15.4 Å². The predicted molar refractivity (Wildman–Crippen MR) is 138 cm³/mol. The number of benzene rings is 2. The summed E-state index contributed by atoms with van der Waals surface area (Å²) in [7, 11) is 3.16. The number of hydrogen-bond donors (Lipinski definition) is 1. The molecule has 0 aliphatic heterocycles. The Balaban J connectivity index is 1.75. The van der Waals surface area contributed by atoms with E-state index in [1.165, 1.54) is 11.1 Å². The number of carbonyl (C=O) groups is 1. The van der Waals surface area contributed by atoms with E-state index in [-0.39, 0.29) is 23.1 Å². The lowest BCUT2D eigenvalue weighted by atomic mass is 9.86. The molecule has 0 fully saturated rings. The van der Waals surface area contributed by atoms with Crippen molar-refractivity contribution in [2.75, 3.05) is 33.9 Å². The third kappa shape index (κ3) is 6.22. The second kappa shape index (κ2) is 11.4. The molecule has 0 aliphatic rings. The smallest absolute Gasteiger partial charge is 0.273 e. The van der Waals surface area contributed by atoms with Crippen molar-refractivity contribution in [1.29, 1.82) is 0 Å². The number of nitrogens with zero attached hydrogens (tertiary/aromatic N) is 2.